The molecule has 0 atom stereocenters. The van der Waals surface area contributed by atoms with E-state index in [1.54, 1.807) is 11.0 Å². The highest BCUT2D eigenvalue weighted by molar-refractivity contribution is 6.08. The van der Waals surface area contributed by atoms with E-state index in [1.165, 1.54) is 18.4 Å². The summed E-state index contributed by atoms with van der Waals surface area (Å²) in [5.74, 6) is -0.208. The van der Waals surface area contributed by atoms with Crippen molar-refractivity contribution in [3.8, 4) is 0 Å². The largest absolute Gasteiger partial charge is 0.430 e. The predicted molar refractivity (Wildman–Crippen MR) is 71.2 cm³/mol. The van der Waals surface area contributed by atoms with E-state index in [0.29, 0.717) is 17.8 Å². The number of fused-ring (bicyclic) bond motifs is 1. The van der Waals surface area contributed by atoms with E-state index in [1.807, 2.05) is 12.1 Å². The standard InChI is InChI=1S/C14H12N2O3/c15-11-3-1-2-9-6-7-16(13(9)11)14(18)10-4-5-12(17)19-8-10/h1-5,8H,6-7,15H2. The number of hydrogen-bond donors (Lipinski definition) is 1. The lowest BCUT2D eigenvalue weighted by molar-refractivity contribution is 0.0987. The Bertz CT molecular complexity index is 686. The predicted octanol–water partition coefficient (Wildman–Crippen LogP) is 1.42. The lowest BCUT2D eigenvalue weighted by atomic mass is 10.1. The van der Waals surface area contributed by atoms with E-state index in [2.05, 4.69) is 0 Å². The molecule has 0 spiro atoms. The molecule has 0 saturated heterocycles. The Hall–Kier alpha value is -2.56. The van der Waals surface area contributed by atoms with Crippen LogP contribution in [0.4, 0.5) is 11.4 Å². The number of rotatable bonds is 1. The van der Waals surface area contributed by atoms with Gasteiger partial charge in [-0.2, -0.15) is 0 Å². The van der Waals surface area contributed by atoms with Crippen LogP contribution in [-0.2, 0) is 6.42 Å². The van der Waals surface area contributed by atoms with E-state index in [0.717, 1.165) is 17.7 Å². The van der Waals surface area contributed by atoms with Crippen LogP contribution in [0.1, 0.15) is 15.9 Å². The molecule has 0 bridgehead atoms. The number of benzene rings is 1. The second kappa shape index (κ2) is 4.28. The molecular weight excluding hydrogens is 244 g/mol. The molecule has 1 aromatic carbocycles. The summed E-state index contributed by atoms with van der Waals surface area (Å²) in [6.45, 7) is 0.585. The maximum Gasteiger partial charge on any atom is 0.335 e. The highest BCUT2D eigenvalue weighted by Crippen LogP contribution is 2.34. The highest BCUT2D eigenvalue weighted by atomic mass is 16.4. The Labute approximate surface area is 109 Å². The fourth-order valence-electron chi connectivity index (χ4n) is 2.32. The van der Waals surface area contributed by atoms with Crippen molar-refractivity contribution in [1.29, 1.82) is 0 Å². The molecule has 0 aliphatic carbocycles. The van der Waals surface area contributed by atoms with Crippen LogP contribution in [0.2, 0.25) is 0 Å². The summed E-state index contributed by atoms with van der Waals surface area (Å²) < 4.78 is 4.72. The molecule has 1 aromatic heterocycles. The zero-order valence-corrected chi connectivity index (χ0v) is 10.1. The van der Waals surface area contributed by atoms with Crippen LogP contribution < -0.4 is 16.3 Å². The van der Waals surface area contributed by atoms with Crippen molar-refractivity contribution in [1.82, 2.24) is 0 Å². The van der Waals surface area contributed by atoms with E-state index >= 15 is 0 Å². The average molecular weight is 256 g/mol. The maximum absolute atomic E-state index is 12.4. The topological polar surface area (TPSA) is 76.5 Å². The third kappa shape index (κ3) is 1.89. The molecule has 2 N–H and O–H groups in total. The molecule has 1 aliphatic heterocycles. The Morgan fingerprint density at radius 2 is 2.11 bits per heavy atom. The summed E-state index contributed by atoms with van der Waals surface area (Å²) in [4.78, 5) is 24.9. The number of amides is 1. The smallest absolute Gasteiger partial charge is 0.335 e. The summed E-state index contributed by atoms with van der Waals surface area (Å²) in [6, 6.07) is 8.31. The fraction of sp³-hybridized carbons (Fsp3) is 0.143. The van der Waals surface area contributed by atoms with Gasteiger partial charge in [0.05, 0.1) is 16.9 Å². The third-order valence-corrected chi connectivity index (χ3v) is 3.22. The number of anilines is 2. The van der Waals surface area contributed by atoms with Crippen LogP contribution in [0.3, 0.4) is 0 Å². The second-order valence-electron chi connectivity index (χ2n) is 4.41. The van der Waals surface area contributed by atoms with Gasteiger partial charge in [-0.25, -0.2) is 4.79 Å². The van der Waals surface area contributed by atoms with Gasteiger partial charge in [0.25, 0.3) is 5.91 Å². The number of carbonyl (C=O) groups is 1. The molecule has 2 heterocycles. The molecule has 2 aromatic rings. The summed E-state index contributed by atoms with van der Waals surface area (Å²) in [6.07, 6.45) is 1.96. The molecule has 3 rings (SSSR count). The molecule has 0 saturated carbocycles. The van der Waals surface area contributed by atoms with Crippen LogP contribution in [0.25, 0.3) is 0 Å². The number of para-hydroxylation sites is 1. The van der Waals surface area contributed by atoms with Crippen LogP contribution >= 0.6 is 0 Å². The maximum atomic E-state index is 12.4. The van der Waals surface area contributed by atoms with Crippen molar-refractivity contribution in [2.45, 2.75) is 6.42 Å². The highest BCUT2D eigenvalue weighted by Gasteiger charge is 2.27. The van der Waals surface area contributed by atoms with Crippen molar-refractivity contribution in [2.75, 3.05) is 17.2 Å². The molecule has 1 aliphatic rings. The first-order valence-electron chi connectivity index (χ1n) is 5.95. The minimum absolute atomic E-state index is 0.208. The van der Waals surface area contributed by atoms with Gasteiger partial charge in [-0.15, -0.1) is 0 Å². The quantitative estimate of drug-likeness (QED) is 0.783. The van der Waals surface area contributed by atoms with Gasteiger partial charge < -0.3 is 15.1 Å². The first kappa shape index (κ1) is 11.5. The molecule has 0 unspecified atom stereocenters. The van der Waals surface area contributed by atoms with Crippen LogP contribution in [-0.4, -0.2) is 12.5 Å². The van der Waals surface area contributed by atoms with Gasteiger partial charge in [-0.05, 0) is 24.1 Å². The molecule has 0 fully saturated rings. The normalized spacial score (nSPS) is 13.4. The molecule has 96 valence electrons. The van der Waals surface area contributed by atoms with E-state index in [4.69, 9.17) is 10.2 Å². The Morgan fingerprint density at radius 1 is 1.26 bits per heavy atom. The molecule has 1 amide bonds. The van der Waals surface area contributed by atoms with Gasteiger partial charge in [0, 0.05) is 12.6 Å². The first-order chi connectivity index (χ1) is 9.16. The monoisotopic (exact) mass is 256 g/mol. The molecular formula is C14H12N2O3. The first-order valence-corrected chi connectivity index (χ1v) is 5.95. The average Bonchev–Trinajstić information content (AvgIpc) is 2.84. The number of nitrogens with zero attached hydrogens (tertiary/aromatic N) is 1. The van der Waals surface area contributed by atoms with Crippen LogP contribution in [0.15, 0.2) is 45.8 Å². The Kier molecular flexibility index (Phi) is 2.59. The van der Waals surface area contributed by atoms with Gasteiger partial charge in [0.15, 0.2) is 0 Å². The van der Waals surface area contributed by atoms with E-state index in [9.17, 15) is 9.59 Å². The lowest BCUT2D eigenvalue weighted by Crippen LogP contribution is -2.29. The summed E-state index contributed by atoms with van der Waals surface area (Å²) in [5.41, 5.74) is 8.21. The van der Waals surface area contributed by atoms with Gasteiger partial charge in [0.1, 0.15) is 6.26 Å². The van der Waals surface area contributed by atoms with Crippen LogP contribution in [0.5, 0.6) is 0 Å². The Morgan fingerprint density at radius 3 is 2.84 bits per heavy atom. The lowest BCUT2D eigenvalue weighted by Gasteiger charge is -2.18. The van der Waals surface area contributed by atoms with Gasteiger partial charge in [0.2, 0.25) is 0 Å². The van der Waals surface area contributed by atoms with Gasteiger partial charge >= 0.3 is 5.63 Å². The van der Waals surface area contributed by atoms with Gasteiger partial charge in [-0.3, -0.25) is 4.79 Å². The summed E-state index contributed by atoms with van der Waals surface area (Å²) >= 11 is 0. The summed E-state index contributed by atoms with van der Waals surface area (Å²) in [5, 5.41) is 0. The van der Waals surface area contributed by atoms with Crippen LogP contribution in [0, 0.1) is 0 Å². The van der Waals surface area contributed by atoms with E-state index < -0.39 is 5.63 Å². The zero-order chi connectivity index (χ0) is 13.4. The number of carbonyl (C=O) groups excluding carboxylic acids is 1. The Balaban J connectivity index is 2.00. The molecule has 5 nitrogen and oxygen atoms in total. The summed E-state index contributed by atoms with van der Waals surface area (Å²) in [7, 11) is 0. The van der Waals surface area contributed by atoms with Crippen molar-refractivity contribution in [3.63, 3.8) is 0 Å². The van der Waals surface area contributed by atoms with Crippen molar-refractivity contribution in [2.24, 2.45) is 0 Å². The fourth-order valence-corrected chi connectivity index (χ4v) is 2.32. The SMILES string of the molecule is Nc1cccc2c1N(C(=O)c1ccc(=O)oc1)CC2. The third-order valence-electron chi connectivity index (χ3n) is 3.22. The van der Waals surface area contributed by atoms with Crippen molar-refractivity contribution >= 4 is 17.3 Å². The number of nitrogens with two attached hydrogens (primary N) is 1. The molecule has 5 heteroatoms. The second-order valence-corrected chi connectivity index (χ2v) is 4.41. The van der Waals surface area contributed by atoms with Crippen molar-refractivity contribution in [3.05, 3.63) is 58.1 Å². The minimum atomic E-state index is -0.474. The van der Waals surface area contributed by atoms with Crippen molar-refractivity contribution < 1.29 is 9.21 Å². The zero-order valence-electron chi connectivity index (χ0n) is 10.1. The number of nitrogen functional groups attached to an aromatic ring is 1. The van der Waals surface area contributed by atoms with Gasteiger partial charge in [-0.1, -0.05) is 12.1 Å². The minimum Gasteiger partial charge on any atom is -0.430 e. The van der Waals surface area contributed by atoms with E-state index in [-0.39, 0.29) is 5.91 Å². The number of hydrogen-bond acceptors (Lipinski definition) is 4. The molecule has 19 heavy (non-hydrogen) atoms. The molecule has 0 radical (unpaired) electrons.